The third kappa shape index (κ3) is 24.5. The summed E-state index contributed by atoms with van der Waals surface area (Å²) in [6, 6.07) is 0. The van der Waals surface area contributed by atoms with Crippen LogP contribution < -0.4 is 34.7 Å². The van der Waals surface area contributed by atoms with Crippen molar-refractivity contribution in [3.05, 3.63) is 0 Å². The Kier molecular flexibility index (Phi) is 27.9. The molecule has 0 atom stereocenters. The normalized spacial score (nSPS) is 11.0. The van der Waals surface area contributed by atoms with Crippen molar-refractivity contribution in [2.75, 3.05) is 19.6 Å². The summed E-state index contributed by atoms with van der Waals surface area (Å²) in [7, 11) is 0. The minimum Gasteiger partial charge on any atom is -0.550 e. The zero-order chi connectivity index (χ0) is 20.0. The number of carbonyl (C=O) groups is 1. The smallest absolute Gasteiger partial charge is 0.550 e. The topological polar surface area (TPSA) is 43.4 Å². The summed E-state index contributed by atoms with van der Waals surface area (Å²) < 4.78 is 0. The average Bonchev–Trinajstić information content (AvgIpc) is 2.65. The van der Waals surface area contributed by atoms with Gasteiger partial charge in [-0.25, -0.2) is 0 Å². The molecule has 0 amide bonds. The van der Waals surface area contributed by atoms with Gasteiger partial charge in [-0.15, -0.1) is 0 Å². The van der Waals surface area contributed by atoms with Crippen molar-refractivity contribution < 1.29 is 39.5 Å². The molecule has 0 aromatic rings. The Morgan fingerprint density at radius 3 is 1.25 bits per heavy atom. The number of hydrogen-bond donors (Lipinski definition) is 0. The Balaban J connectivity index is 0. The Hall–Kier alpha value is 0.430. The van der Waals surface area contributed by atoms with Crippen LogP contribution in [0.15, 0.2) is 0 Å². The molecule has 0 unspecified atom stereocenters. The Morgan fingerprint density at radius 2 is 0.893 bits per heavy atom. The molecule has 0 fully saturated rings. The Labute approximate surface area is 198 Å². The first-order chi connectivity index (χ1) is 13.2. The van der Waals surface area contributed by atoms with E-state index >= 15 is 0 Å². The maximum absolute atomic E-state index is 10.4. The maximum atomic E-state index is 10.4. The fourth-order valence-electron chi connectivity index (χ4n) is 3.70. The predicted octanol–water partition coefficient (Wildman–Crippen LogP) is 3.10. The van der Waals surface area contributed by atoms with Gasteiger partial charge < -0.3 is 14.8 Å². The molecule has 0 spiro atoms. The summed E-state index contributed by atoms with van der Waals surface area (Å²) in [4.78, 5) is 13.1. The van der Waals surface area contributed by atoms with Crippen molar-refractivity contribution in [2.45, 2.75) is 129 Å². The van der Waals surface area contributed by atoms with Crippen molar-refractivity contribution in [3.8, 4) is 0 Å². The van der Waals surface area contributed by atoms with E-state index in [9.17, 15) is 9.90 Å². The minimum atomic E-state index is -0.904. The van der Waals surface area contributed by atoms with Gasteiger partial charge in [-0.2, -0.15) is 0 Å². The fourth-order valence-corrected chi connectivity index (χ4v) is 3.70. The molecule has 0 radical (unpaired) electrons. The summed E-state index contributed by atoms with van der Waals surface area (Å²) >= 11 is 0. The molecule has 0 heterocycles. The van der Waals surface area contributed by atoms with Crippen LogP contribution in [0.25, 0.3) is 0 Å². The second kappa shape index (κ2) is 25.5. The first kappa shape index (κ1) is 30.6. The third-order valence-electron chi connectivity index (χ3n) is 5.51. The number of hydrogen-bond acceptors (Lipinski definition) is 3. The molecule has 0 aromatic heterocycles. The van der Waals surface area contributed by atoms with Crippen LogP contribution >= 0.6 is 0 Å². The summed E-state index contributed by atoms with van der Waals surface area (Å²) in [5, 5.41) is 10.4. The van der Waals surface area contributed by atoms with Gasteiger partial charge in [0.15, 0.2) is 0 Å². The first-order valence-electron chi connectivity index (χ1n) is 12.1. The SMILES string of the molecule is CCCCCCCCN(CCCCCCCC)CCCCCCCC(=O)[O-].[Na+]. The molecule has 3 nitrogen and oxygen atoms in total. The van der Waals surface area contributed by atoms with Crippen molar-refractivity contribution in [1.82, 2.24) is 4.90 Å². The third-order valence-corrected chi connectivity index (χ3v) is 5.51. The molecule has 0 saturated heterocycles. The summed E-state index contributed by atoms with van der Waals surface area (Å²) in [5.41, 5.74) is 0. The molecule has 0 aliphatic rings. The number of aliphatic carboxylic acids is 1. The van der Waals surface area contributed by atoms with Gasteiger partial charge in [0.2, 0.25) is 0 Å². The molecule has 0 saturated carbocycles. The molecule has 162 valence electrons. The van der Waals surface area contributed by atoms with Crippen LogP contribution in [0.3, 0.4) is 0 Å². The number of nitrogens with zero attached hydrogens (tertiary/aromatic N) is 1. The number of rotatable bonds is 22. The van der Waals surface area contributed by atoms with Crippen molar-refractivity contribution in [3.63, 3.8) is 0 Å². The van der Waals surface area contributed by atoms with Gasteiger partial charge in [0, 0.05) is 5.97 Å². The molecule has 0 N–H and O–H groups in total. The number of carboxylic acids is 1. The molecule has 0 aliphatic carbocycles. The number of unbranched alkanes of at least 4 members (excludes halogenated alkanes) is 14. The van der Waals surface area contributed by atoms with E-state index in [0.717, 1.165) is 19.3 Å². The summed E-state index contributed by atoms with van der Waals surface area (Å²) in [6.45, 7) is 8.32. The van der Waals surface area contributed by atoms with Crippen LogP contribution in [0.1, 0.15) is 129 Å². The zero-order valence-electron chi connectivity index (χ0n) is 19.6. The summed E-state index contributed by atoms with van der Waals surface area (Å²) in [5.74, 6) is -0.904. The van der Waals surface area contributed by atoms with Gasteiger partial charge in [0.25, 0.3) is 0 Å². The number of carbonyl (C=O) groups excluding carboxylic acids is 1. The van der Waals surface area contributed by atoms with E-state index in [1.807, 2.05) is 0 Å². The average molecular weight is 406 g/mol. The van der Waals surface area contributed by atoms with Crippen molar-refractivity contribution >= 4 is 5.97 Å². The van der Waals surface area contributed by atoms with Gasteiger partial charge in [0.1, 0.15) is 0 Å². The first-order valence-corrected chi connectivity index (χ1v) is 12.1. The van der Waals surface area contributed by atoms with Crippen LogP contribution in [0.2, 0.25) is 0 Å². The van der Waals surface area contributed by atoms with E-state index < -0.39 is 5.97 Å². The molecule has 4 heteroatoms. The molecular formula is C24H48NNaO2. The minimum absolute atomic E-state index is 0. The van der Waals surface area contributed by atoms with Crippen LogP contribution in [0, 0.1) is 0 Å². The molecule has 0 bridgehead atoms. The Morgan fingerprint density at radius 1 is 0.571 bits per heavy atom. The monoisotopic (exact) mass is 405 g/mol. The van der Waals surface area contributed by atoms with Gasteiger partial charge in [-0.05, 0) is 51.7 Å². The van der Waals surface area contributed by atoms with Crippen molar-refractivity contribution in [2.24, 2.45) is 0 Å². The van der Waals surface area contributed by atoms with E-state index in [1.165, 1.54) is 110 Å². The van der Waals surface area contributed by atoms with E-state index in [-0.39, 0.29) is 36.0 Å². The second-order valence-electron chi connectivity index (χ2n) is 8.27. The quantitative estimate of drug-likeness (QED) is 0.205. The largest absolute Gasteiger partial charge is 1.00 e. The maximum Gasteiger partial charge on any atom is 1.00 e. The predicted molar refractivity (Wildman–Crippen MR) is 116 cm³/mol. The van der Waals surface area contributed by atoms with E-state index in [0.29, 0.717) is 0 Å². The van der Waals surface area contributed by atoms with Crippen LogP contribution in [-0.2, 0) is 4.79 Å². The molecule has 0 aromatic carbocycles. The van der Waals surface area contributed by atoms with Crippen molar-refractivity contribution in [1.29, 1.82) is 0 Å². The molecule has 28 heavy (non-hydrogen) atoms. The van der Waals surface area contributed by atoms with E-state index in [4.69, 9.17) is 0 Å². The van der Waals surface area contributed by atoms with Gasteiger partial charge in [0.05, 0.1) is 0 Å². The summed E-state index contributed by atoms with van der Waals surface area (Å²) in [6.07, 6.45) is 22.2. The van der Waals surface area contributed by atoms with Crippen LogP contribution in [0.5, 0.6) is 0 Å². The molecule has 0 rings (SSSR count). The van der Waals surface area contributed by atoms with Crippen LogP contribution in [0.4, 0.5) is 0 Å². The van der Waals surface area contributed by atoms with Crippen LogP contribution in [-0.4, -0.2) is 30.5 Å². The molecule has 0 aliphatic heterocycles. The van der Waals surface area contributed by atoms with Gasteiger partial charge in [-0.1, -0.05) is 97.3 Å². The number of carboxylic acid groups (broad SMARTS) is 1. The zero-order valence-corrected chi connectivity index (χ0v) is 21.6. The standard InChI is InChI=1S/C24H49NO2.Na/c1-3-5-7-9-13-17-21-25(22-18-14-10-8-6-4-2)23-19-15-11-12-16-20-24(26)27;/h3-23H2,1-2H3,(H,26,27);/q;+1/p-1. The van der Waals surface area contributed by atoms with E-state index in [1.54, 1.807) is 0 Å². The fraction of sp³-hybridized carbons (Fsp3) is 0.958. The second-order valence-corrected chi connectivity index (χ2v) is 8.27. The van der Waals surface area contributed by atoms with E-state index in [2.05, 4.69) is 18.7 Å². The van der Waals surface area contributed by atoms with Gasteiger partial charge in [-0.3, -0.25) is 0 Å². The molecular weight excluding hydrogens is 357 g/mol. The Bertz CT molecular complexity index is 297. The van der Waals surface area contributed by atoms with Gasteiger partial charge >= 0.3 is 29.6 Å².